The number of nitrogen functional groups attached to an aromatic ring is 1. The molecule has 8 rings (SSSR count). The molecule has 3 amide bonds. The highest BCUT2D eigenvalue weighted by Crippen LogP contribution is 2.63. The van der Waals surface area contributed by atoms with Crippen LogP contribution < -0.4 is 16.1 Å². The topological polar surface area (TPSA) is 105 Å². The number of anilines is 2. The zero-order chi connectivity index (χ0) is 26.7. The molecule has 3 aliphatic carbocycles. The first-order chi connectivity index (χ1) is 19.0. The maximum Gasteiger partial charge on any atom is 0.273 e. The van der Waals surface area contributed by atoms with Crippen LogP contribution in [0.1, 0.15) is 38.5 Å². The van der Waals surface area contributed by atoms with Gasteiger partial charge in [-0.25, -0.2) is 10.3 Å². The molecule has 1 aliphatic heterocycles. The van der Waals surface area contributed by atoms with Crippen molar-refractivity contribution < 1.29 is 14.4 Å². The van der Waals surface area contributed by atoms with Crippen molar-refractivity contribution >= 4 is 35.3 Å². The number of para-hydroxylation sites is 2. The molecule has 4 aliphatic rings. The average Bonchev–Trinajstić information content (AvgIpc) is 3.24. The molecule has 39 heavy (non-hydrogen) atoms. The highest BCUT2D eigenvalue weighted by atomic mass is 16.2. The van der Waals surface area contributed by atoms with Crippen molar-refractivity contribution in [2.45, 2.75) is 11.3 Å². The average molecular weight is 513 g/mol. The zero-order valence-corrected chi connectivity index (χ0v) is 20.8. The first-order valence-corrected chi connectivity index (χ1v) is 12.8. The number of nitrogens with two attached hydrogens (primary N) is 1. The number of nitrogens with one attached hydrogen (secondary N) is 1. The number of hydrogen-bond acceptors (Lipinski definition) is 5. The number of carbonyl (C=O) groups is 3. The maximum absolute atomic E-state index is 14.3. The Bertz CT molecular complexity index is 1650. The summed E-state index contributed by atoms with van der Waals surface area (Å²) < 4.78 is 0. The van der Waals surface area contributed by atoms with E-state index in [-0.39, 0.29) is 17.7 Å². The summed E-state index contributed by atoms with van der Waals surface area (Å²) in [5.74, 6) is -2.53. The Kier molecular flexibility index (Phi) is 5.03. The molecule has 7 nitrogen and oxygen atoms in total. The molecule has 0 unspecified atom stereocenters. The van der Waals surface area contributed by atoms with Crippen LogP contribution in [0.25, 0.3) is 0 Å². The second-order valence-electron chi connectivity index (χ2n) is 10.2. The van der Waals surface area contributed by atoms with Crippen LogP contribution in [-0.2, 0) is 15.0 Å². The molecule has 3 N–H and O–H groups in total. The van der Waals surface area contributed by atoms with Gasteiger partial charge in [0.2, 0.25) is 11.8 Å². The fourth-order valence-electron chi connectivity index (χ4n) is 6.84. The van der Waals surface area contributed by atoms with E-state index in [1.807, 2.05) is 66.7 Å². The summed E-state index contributed by atoms with van der Waals surface area (Å²) in [5, 5.41) is 4.43. The van der Waals surface area contributed by atoms with Crippen molar-refractivity contribution in [1.82, 2.24) is 5.43 Å². The minimum Gasteiger partial charge on any atom is -0.398 e. The van der Waals surface area contributed by atoms with Crippen LogP contribution >= 0.6 is 0 Å². The summed E-state index contributed by atoms with van der Waals surface area (Å²) in [7, 11) is 0. The van der Waals surface area contributed by atoms with Crippen LogP contribution in [0, 0.1) is 11.8 Å². The Hall–Kier alpha value is -5.04. The van der Waals surface area contributed by atoms with Crippen molar-refractivity contribution in [3.05, 3.63) is 131 Å². The first kappa shape index (κ1) is 23.1. The van der Waals surface area contributed by atoms with Crippen molar-refractivity contribution in [2.75, 3.05) is 10.6 Å². The number of benzene rings is 4. The molecule has 1 fully saturated rings. The van der Waals surface area contributed by atoms with E-state index in [9.17, 15) is 14.4 Å². The molecule has 4 aromatic rings. The van der Waals surface area contributed by atoms with Gasteiger partial charge >= 0.3 is 0 Å². The minimum absolute atomic E-state index is 0.218. The Labute approximate surface area is 225 Å². The quantitative estimate of drug-likeness (QED) is 0.185. The van der Waals surface area contributed by atoms with Gasteiger partial charge in [-0.3, -0.25) is 14.4 Å². The Balaban J connectivity index is 1.41. The Morgan fingerprint density at radius 1 is 0.795 bits per heavy atom. The summed E-state index contributed by atoms with van der Waals surface area (Å²) in [4.78, 5) is 42.6. The number of nitrogens with zero attached hydrogens (tertiary/aromatic N) is 2. The monoisotopic (exact) mass is 512 g/mol. The van der Waals surface area contributed by atoms with E-state index < -0.39 is 23.2 Å². The molecule has 1 saturated heterocycles. The lowest BCUT2D eigenvalue weighted by atomic mass is 9.47. The van der Waals surface area contributed by atoms with Gasteiger partial charge in [-0.15, -0.1) is 0 Å². The maximum atomic E-state index is 14.3. The van der Waals surface area contributed by atoms with Gasteiger partial charge in [-0.05, 0) is 46.5 Å². The van der Waals surface area contributed by atoms with E-state index in [2.05, 4.69) is 10.5 Å². The highest BCUT2D eigenvalue weighted by Gasteiger charge is 2.68. The third-order valence-electron chi connectivity index (χ3n) is 8.34. The number of hydrazone groups is 1. The number of hydrogen-bond donors (Lipinski definition) is 2. The predicted octanol–water partition coefficient (Wildman–Crippen LogP) is 4.24. The van der Waals surface area contributed by atoms with E-state index >= 15 is 0 Å². The van der Waals surface area contributed by atoms with Gasteiger partial charge in [0.05, 0.1) is 28.5 Å². The number of rotatable bonds is 4. The number of carbonyl (C=O) groups excluding carboxylic acids is 3. The van der Waals surface area contributed by atoms with Crippen molar-refractivity contribution in [1.29, 1.82) is 0 Å². The molecular weight excluding hydrogens is 488 g/mol. The fourth-order valence-corrected chi connectivity index (χ4v) is 6.84. The molecule has 0 saturated carbocycles. The van der Waals surface area contributed by atoms with E-state index in [1.54, 1.807) is 42.6 Å². The molecule has 0 radical (unpaired) electrons. The summed E-state index contributed by atoms with van der Waals surface area (Å²) in [6.07, 6.45) is 1.65. The van der Waals surface area contributed by atoms with Crippen LogP contribution in [0.4, 0.5) is 11.4 Å². The molecule has 7 heteroatoms. The molecule has 2 bridgehead atoms. The van der Waals surface area contributed by atoms with Gasteiger partial charge in [0.15, 0.2) is 0 Å². The van der Waals surface area contributed by atoms with Gasteiger partial charge in [0.1, 0.15) is 0 Å². The van der Waals surface area contributed by atoms with E-state index in [0.29, 0.717) is 16.9 Å². The molecule has 4 aromatic carbocycles. The lowest BCUT2D eigenvalue weighted by Gasteiger charge is -2.52. The number of amides is 3. The number of imide groups is 1. The molecule has 0 aromatic heterocycles. The van der Waals surface area contributed by atoms with E-state index in [0.717, 1.165) is 22.3 Å². The van der Waals surface area contributed by atoms with Gasteiger partial charge in [0.25, 0.3) is 5.91 Å². The fraction of sp³-hybridized carbons (Fsp3) is 0.125. The van der Waals surface area contributed by atoms with Crippen LogP contribution in [-0.4, -0.2) is 23.9 Å². The van der Waals surface area contributed by atoms with Crippen LogP contribution in [0.3, 0.4) is 0 Å². The minimum atomic E-state index is -1.06. The highest BCUT2D eigenvalue weighted by molar-refractivity contribution is 6.25. The van der Waals surface area contributed by atoms with E-state index in [4.69, 9.17) is 5.73 Å². The van der Waals surface area contributed by atoms with Crippen LogP contribution in [0.5, 0.6) is 0 Å². The van der Waals surface area contributed by atoms with Gasteiger partial charge in [-0.1, -0.05) is 78.9 Å². The normalized spacial score (nSPS) is 24.4. The van der Waals surface area contributed by atoms with Crippen LogP contribution in [0.2, 0.25) is 0 Å². The summed E-state index contributed by atoms with van der Waals surface area (Å²) in [6.45, 7) is 0. The largest absolute Gasteiger partial charge is 0.398 e. The first-order valence-electron chi connectivity index (χ1n) is 12.8. The molecule has 2 atom stereocenters. The van der Waals surface area contributed by atoms with Crippen molar-refractivity contribution in [3.8, 4) is 0 Å². The summed E-state index contributed by atoms with van der Waals surface area (Å²) in [5.41, 5.74) is 12.6. The third-order valence-corrected chi connectivity index (χ3v) is 8.34. The SMILES string of the molecule is Nc1ccccc1C(=O)N/N=C\C12c3ccccc3C(c3ccccc31)[C@H]1C(=O)N(c3ccccc3)C(=O)[C@H]12. The van der Waals surface area contributed by atoms with Gasteiger partial charge < -0.3 is 5.73 Å². The lowest BCUT2D eigenvalue weighted by molar-refractivity contribution is -0.122. The molecular formula is C32H24N4O3. The summed E-state index contributed by atoms with van der Waals surface area (Å²) >= 11 is 0. The Morgan fingerprint density at radius 2 is 1.38 bits per heavy atom. The van der Waals surface area contributed by atoms with Crippen molar-refractivity contribution in [2.24, 2.45) is 16.9 Å². The van der Waals surface area contributed by atoms with Crippen molar-refractivity contribution in [3.63, 3.8) is 0 Å². The van der Waals surface area contributed by atoms with E-state index in [1.165, 1.54) is 4.90 Å². The Morgan fingerprint density at radius 3 is 2.05 bits per heavy atom. The van der Waals surface area contributed by atoms with Gasteiger partial charge in [-0.2, -0.15) is 5.10 Å². The summed E-state index contributed by atoms with van der Waals surface area (Å²) in [6, 6.07) is 31.7. The smallest absolute Gasteiger partial charge is 0.273 e. The second kappa shape index (κ2) is 8.49. The molecule has 0 spiro atoms. The second-order valence-corrected chi connectivity index (χ2v) is 10.2. The lowest BCUT2D eigenvalue weighted by Crippen LogP contribution is -2.54. The molecule has 190 valence electrons. The zero-order valence-electron chi connectivity index (χ0n) is 20.8. The predicted molar refractivity (Wildman–Crippen MR) is 148 cm³/mol. The standard InChI is InChI=1S/C32H24N4O3/c33-25-17-9-6-14-22(25)29(37)35-34-18-32-23-15-7-4-12-20(23)26(21-13-5-8-16-24(21)32)27-28(32)31(39)36(30(27)38)19-10-2-1-3-11-19/h1-18,26-28H,33H2,(H,35,37)/b34-18-/t26?,27-,28+,32?/m1/s1. The van der Waals surface area contributed by atoms with Crippen LogP contribution in [0.15, 0.2) is 108 Å². The third kappa shape index (κ3) is 3.10. The van der Waals surface area contributed by atoms with Gasteiger partial charge in [0, 0.05) is 17.8 Å². The molecule has 1 heterocycles.